The molecule has 1 aromatic heterocycles. The number of aromatic nitrogens is 2. The van der Waals surface area contributed by atoms with Crippen LogP contribution in [0.15, 0.2) is 40.9 Å². The summed E-state index contributed by atoms with van der Waals surface area (Å²) < 4.78 is 22.8. The van der Waals surface area contributed by atoms with Gasteiger partial charge in [0.2, 0.25) is 5.89 Å². The topological polar surface area (TPSA) is 144 Å². The average molecular weight is 560 g/mol. The molecule has 11 nitrogen and oxygen atoms in total. The molecule has 0 bridgehead atoms. The quantitative estimate of drug-likeness (QED) is 0.379. The summed E-state index contributed by atoms with van der Waals surface area (Å²) in [5.74, 6) is -0.584. The minimum absolute atomic E-state index is 0.0853. The van der Waals surface area contributed by atoms with Gasteiger partial charge < -0.3 is 33.8 Å². The first-order valence-corrected chi connectivity index (χ1v) is 12.6. The predicted octanol–water partition coefficient (Wildman–Crippen LogP) is 3.45. The van der Waals surface area contributed by atoms with Crippen molar-refractivity contribution >= 4 is 29.2 Å². The maximum absolute atomic E-state index is 14.1. The molecule has 0 radical (unpaired) electrons. The number of amides is 1. The highest BCUT2D eigenvalue weighted by molar-refractivity contribution is 6.30. The van der Waals surface area contributed by atoms with Crippen molar-refractivity contribution < 1.29 is 38.5 Å². The number of fused-ring (bicyclic) bond motifs is 1. The lowest BCUT2D eigenvalue weighted by Crippen LogP contribution is -2.46. The Kier molecular flexibility index (Phi) is 8.43. The summed E-state index contributed by atoms with van der Waals surface area (Å²) >= 11 is 6.43. The zero-order valence-corrected chi connectivity index (χ0v) is 22.8. The predicted molar refractivity (Wildman–Crippen MR) is 140 cm³/mol. The van der Waals surface area contributed by atoms with Gasteiger partial charge >= 0.3 is 5.97 Å². The minimum atomic E-state index is -1.12. The Morgan fingerprint density at radius 3 is 2.62 bits per heavy atom. The van der Waals surface area contributed by atoms with Gasteiger partial charge in [-0.3, -0.25) is 9.59 Å². The molecule has 1 amide bonds. The Bertz CT molecular complexity index is 1360. The lowest BCUT2D eigenvalue weighted by Gasteiger charge is -2.32. The maximum atomic E-state index is 14.1. The van der Waals surface area contributed by atoms with E-state index in [-0.39, 0.29) is 31.3 Å². The molecule has 0 fully saturated rings. The Morgan fingerprint density at radius 2 is 1.95 bits per heavy atom. The van der Waals surface area contributed by atoms with Crippen molar-refractivity contribution in [2.24, 2.45) is 5.41 Å². The first-order chi connectivity index (χ1) is 18.6. The average Bonchev–Trinajstić information content (AvgIpc) is 3.30. The fourth-order valence-electron chi connectivity index (χ4n) is 4.45. The number of anilines is 1. The van der Waals surface area contributed by atoms with Crippen molar-refractivity contribution in [2.75, 3.05) is 32.3 Å². The van der Waals surface area contributed by atoms with E-state index in [1.54, 1.807) is 35.2 Å². The SMILES string of the molecule is COc1cccc([C@H]2O[C@H](Cc3noc(CC(=O)O)n3)C(=O)N(CC(C)(C)CO)c3ccc(Cl)cc32)c1OC. The van der Waals surface area contributed by atoms with Crippen molar-refractivity contribution in [3.8, 4) is 11.5 Å². The van der Waals surface area contributed by atoms with E-state index in [1.807, 2.05) is 19.9 Å². The van der Waals surface area contributed by atoms with Crippen molar-refractivity contribution in [1.29, 1.82) is 0 Å². The maximum Gasteiger partial charge on any atom is 0.312 e. The monoisotopic (exact) mass is 559 g/mol. The number of methoxy groups -OCH3 is 2. The second-order valence-corrected chi connectivity index (χ2v) is 10.4. The molecule has 2 heterocycles. The summed E-state index contributed by atoms with van der Waals surface area (Å²) in [7, 11) is 3.04. The molecular formula is C27H30ClN3O8. The standard InChI is InChI=1S/C27H30ClN3O8/c1-27(2,14-32)13-31-18-9-8-15(28)10-17(18)24(16-6-5-7-19(36-3)25(16)37-4)38-20(26(31)35)11-21-29-22(39-30-21)12-23(33)34/h5-10,20,24,32H,11-14H2,1-4H3,(H,33,34)/t20-,24-/m1/s1. The van der Waals surface area contributed by atoms with Crippen LogP contribution in [0.3, 0.4) is 0 Å². The Balaban J connectivity index is 1.87. The van der Waals surface area contributed by atoms with E-state index in [0.717, 1.165) is 0 Å². The number of para-hydroxylation sites is 1. The van der Waals surface area contributed by atoms with Gasteiger partial charge in [0.1, 0.15) is 18.6 Å². The molecule has 39 heavy (non-hydrogen) atoms. The molecule has 2 N–H and O–H groups in total. The number of carbonyl (C=O) groups excluding carboxylic acids is 1. The van der Waals surface area contributed by atoms with Gasteiger partial charge in [-0.1, -0.05) is 42.7 Å². The summed E-state index contributed by atoms with van der Waals surface area (Å²) in [6.07, 6.45) is -2.48. The largest absolute Gasteiger partial charge is 0.493 e. The molecule has 2 aromatic carbocycles. The first kappa shape index (κ1) is 28.3. The lowest BCUT2D eigenvalue weighted by molar-refractivity contribution is -0.136. The third kappa shape index (κ3) is 6.16. The normalized spacial score (nSPS) is 17.5. The molecule has 0 spiro atoms. The number of aliphatic carboxylic acids is 1. The molecule has 12 heteroatoms. The highest BCUT2D eigenvalue weighted by atomic mass is 35.5. The van der Waals surface area contributed by atoms with Crippen LogP contribution in [0.25, 0.3) is 0 Å². The van der Waals surface area contributed by atoms with Crippen LogP contribution in [0, 0.1) is 5.41 Å². The van der Waals surface area contributed by atoms with Gasteiger partial charge in [0, 0.05) is 46.8 Å². The molecule has 1 aliphatic heterocycles. The van der Waals surface area contributed by atoms with Crippen LogP contribution in [0.4, 0.5) is 5.69 Å². The van der Waals surface area contributed by atoms with Crippen molar-refractivity contribution in [3.63, 3.8) is 0 Å². The van der Waals surface area contributed by atoms with Crippen molar-refractivity contribution in [2.45, 2.75) is 38.9 Å². The summed E-state index contributed by atoms with van der Waals surface area (Å²) in [5, 5.41) is 23.4. The zero-order chi connectivity index (χ0) is 28.3. The Labute approximate surface area is 230 Å². The number of nitrogens with zero attached hydrogens (tertiary/aromatic N) is 3. The number of benzene rings is 2. The second-order valence-electron chi connectivity index (χ2n) is 9.92. The van der Waals surface area contributed by atoms with Crippen molar-refractivity contribution in [1.82, 2.24) is 10.1 Å². The summed E-state index contributed by atoms with van der Waals surface area (Å²) in [6, 6.07) is 10.5. The van der Waals surface area contributed by atoms with Gasteiger partial charge in [-0.15, -0.1) is 0 Å². The van der Waals surface area contributed by atoms with Gasteiger partial charge in [0.25, 0.3) is 5.91 Å². The van der Waals surface area contributed by atoms with E-state index in [1.165, 1.54) is 14.2 Å². The van der Waals surface area contributed by atoms with E-state index >= 15 is 0 Å². The first-order valence-electron chi connectivity index (χ1n) is 12.2. The van der Waals surface area contributed by atoms with E-state index < -0.39 is 35.9 Å². The van der Waals surface area contributed by atoms with Crippen molar-refractivity contribution in [3.05, 3.63) is 64.3 Å². The van der Waals surface area contributed by atoms with Gasteiger partial charge in [-0.2, -0.15) is 4.98 Å². The molecule has 0 saturated heterocycles. The fourth-order valence-corrected chi connectivity index (χ4v) is 4.63. The molecule has 4 rings (SSSR count). The number of aliphatic hydroxyl groups excluding tert-OH is 1. The van der Waals surface area contributed by atoms with E-state index in [4.69, 9.17) is 35.4 Å². The number of carbonyl (C=O) groups is 2. The molecule has 208 valence electrons. The second kappa shape index (κ2) is 11.6. The molecule has 2 atom stereocenters. The molecule has 0 aliphatic carbocycles. The third-order valence-corrected chi connectivity index (χ3v) is 6.55. The van der Waals surface area contributed by atoms with Gasteiger partial charge in [-0.05, 0) is 24.3 Å². The highest BCUT2D eigenvalue weighted by Gasteiger charge is 2.40. The number of hydrogen-bond donors (Lipinski definition) is 2. The van der Waals surface area contributed by atoms with Crippen LogP contribution in [0.5, 0.6) is 11.5 Å². The van der Waals surface area contributed by atoms with Gasteiger partial charge in [-0.25, -0.2) is 0 Å². The summed E-state index contributed by atoms with van der Waals surface area (Å²) in [4.78, 5) is 30.8. The lowest BCUT2D eigenvalue weighted by atomic mass is 9.92. The third-order valence-electron chi connectivity index (χ3n) is 6.32. The smallest absolute Gasteiger partial charge is 0.312 e. The Morgan fingerprint density at radius 1 is 1.18 bits per heavy atom. The van der Waals surface area contributed by atoms with Crippen LogP contribution in [0.2, 0.25) is 5.02 Å². The number of halogens is 1. The van der Waals surface area contributed by atoms with E-state index in [9.17, 15) is 14.7 Å². The van der Waals surface area contributed by atoms with Crippen LogP contribution < -0.4 is 14.4 Å². The number of ether oxygens (including phenoxy) is 3. The molecule has 0 saturated carbocycles. The fraction of sp³-hybridized carbons (Fsp3) is 0.407. The highest BCUT2D eigenvalue weighted by Crippen LogP contribution is 2.45. The number of carboxylic acid groups (broad SMARTS) is 1. The molecular weight excluding hydrogens is 530 g/mol. The van der Waals surface area contributed by atoms with Gasteiger partial charge in [0.15, 0.2) is 17.3 Å². The summed E-state index contributed by atoms with van der Waals surface area (Å²) in [5.41, 5.74) is 1.12. The number of hydrogen-bond acceptors (Lipinski definition) is 9. The molecule has 3 aromatic rings. The van der Waals surface area contributed by atoms with E-state index in [0.29, 0.717) is 33.3 Å². The van der Waals surface area contributed by atoms with Crippen LogP contribution in [-0.4, -0.2) is 65.7 Å². The Hall–Kier alpha value is -3.67. The van der Waals surface area contributed by atoms with Crippen LogP contribution in [-0.2, 0) is 27.2 Å². The summed E-state index contributed by atoms with van der Waals surface area (Å²) in [6.45, 7) is 3.70. The molecule has 1 aliphatic rings. The number of rotatable bonds is 10. The van der Waals surface area contributed by atoms with Crippen LogP contribution >= 0.6 is 11.6 Å². The van der Waals surface area contributed by atoms with Crippen LogP contribution in [0.1, 0.15) is 42.8 Å². The molecule has 0 unspecified atom stereocenters. The zero-order valence-electron chi connectivity index (χ0n) is 22.0. The van der Waals surface area contributed by atoms with Gasteiger partial charge in [0.05, 0.1) is 14.2 Å². The number of carboxylic acids is 1. The van der Waals surface area contributed by atoms with E-state index in [2.05, 4.69) is 10.1 Å². The number of aliphatic hydroxyl groups is 1. The minimum Gasteiger partial charge on any atom is -0.493 e.